The van der Waals surface area contributed by atoms with Gasteiger partial charge >= 0.3 is 114 Å². The third-order valence-electron chi connectivity index (χ3n) is 9.08. The van der Waals surface area contributed by atoms with Crippen LogP contribution in [0.25, 0.3) is 0 Å². The van der Waals surface area contributed by atoms with Crippen LogP contribution >= 0.6 is 20.6 Å². The molecule has 0 fully saturated rings. The van der Waals surface area contributed by atoms with Gasteiger partial charge < -0.3 is 42.0 Å². The maximum absolute atomic E-state index is 12.9. The summed E-state index contributed by atoms with van der Waals surface area (Å²) in [7, 11) is -3.91. The van der Waals surface area contributed by atoms with Crippen LogP contribution in [0.2, 0.25) is 0 Å². The predicted octanol–water partition coefficient (Wildman–Crippen LogP) is 13.0. The van der Waals surface area contributed by atoms with E-state index in [9.17, 15) is 37.2 Å². The number of hydrogen-bond donors (Lipinski definition) is 6. The molecule has 0 spiro atoms. The summed E-state index contributed by atoms with van der Waals surface area (Å²) < 4.78 is 46.9. The molecule has 464 valence electrons. The quantitative estimate of drug-likeness (QED) is 0.108. The molecule has 0 aliphatic heterocycles. The fourth-order valence-corrected chi connectivity index (χ4v) is 11.0. The largest absolute Gasteiger partial charge is 0.480 e. The molecule has 0 aromatic heterocycles. The monoisotopic (exact) mass is 1290 g/mol. The van der Waals surface area contributed by atoms with E-state index in [0.717, 1.165) is 9.49 Å². The first-order chi connectivity index (χ1) is 35.7. The SMILES string of the molecule is CC(=O)OI(OC(C)=O)c1ccccc1.CC(C)(C)N(C(=O)c1cccc(S(C)(=N)=O)c1)C(C)(C)C.CC(C)(C)OC(=O)N[C@@H](C(=O)O)C(C)(C)C.CC(C)C.CS(=O)c1cccc(C(=O)N(C(C)(C)C)C(C)(C)C)c1.N.NC(=O)O. The van der Waals surface area contributed by atoms with Gasteiger partial charge in [-0.1, -0.05) is 53.7 Å². The van der Waals surface area contributed by atoms with Gasteiger partial charge in [-0.3, -0.25) is 13.8 Å². The van der Waals surface area contributed by atoms with E-state index in [1.807, 2.05) is 111 Å². The van der Waals surface area contributed by atoms with Crippen molar-refractivity contribution < 1.29 is 63.1 Å². The minimum Gasteiger partial charge on any atom is -0.480 e. The third kappa shape index (κ3) is 36.4. The molecular formula is C58H99IN6O14S2. The van der Waals surface area contributed by atoms with E-state index in [1.54, 1.807) is 108 Å². The first-order valence-electron chi connectivity index (χ1n) is 25.5. The molecule has 3 aromatic carbocycles. The van der Waals surface area contributed by atoms with Gasteiger partial charge in [-0.25, -0.2) is 23.4 Å². The number of nitrogens with zero attached hydrogens (tertiary/aromatic N) is 2. The summed E-state index contributed by atoms with van der Waals surface area (Å²) in [5, 5.41) is 18.5. The van der Waals surface area contributed by atoms with Crippen LogP contribution in [0.4, 0.5) is 9.59 Å². The fraction of sp³-hybridized carbons (Fsp3) is 0.569. The van der Waals surface area contributed by atoms with Crippen molar-refractivity contribution in [3.05, 3.63) is 93.6 Å². The minimum absolute atomic E-state index is 0. The molecule has 0 aliphatic carbocycles. The number of ether oxygens (including phenoxy) is 1. The summed E-state index contributed by atoms with van der Waals surface area (Å²) in [5.41, 5.74) is 2.66. The smallest absolute Gasteiger partial charge is 0.408 e. The average Bonchev–Trinajstić information content (AvgIpc) is 3.22. The molecular weight excluding hydrogens is 1200 g/mol. The number of benzene rings is 3. The summed E-state index contributed by atoms with van der Waals surface area (Å²) in [6.07, 6.45) is 0.936. The number of carboxylic acid groups (broad SMARTS) is 2. The van der Waals surface area contributed by atoms with Gasteiger partial charge in [-0.05, 0) is 152 Å². The van der Waals surface area contributed by atoms with Gasteiger partial charge in [0.15, 0.2) is 0 Å². The van der Waals surface area contributed by atoms with Crippen molar-refractivity contribution in [3.8, 4) is 0 Å². The van der Waals surface area contributed by atoms with Crippen molar-refractivity contribution in [1.29, 1.82) is 4.78 Å². The zero-order chi connectivity index (χ0) is 63.9. The second-order valence-electron chi connectivity index (χ2n) is 24.8. The number of amides is 4. The van der Waals surface area contributed by atoms with Crippen LogP contribution in [-0.4, -0.2) is 117 Å². The Morgan fingerprint density at radius 1 is 0.642 bits per heavy atom. The van der Waals surface area contributed by atoms with Gasteiger partial charge in [0.25, 0.3) is 11.8 Å². The number of aliphatic carboxylic acids is 1. The second kappa shape index (κ2) is 34.7. The number of rotatable bonds is 9. The predicted molar refractivity (Wildman–Crippen MR) is 332 cm³/mol. The Balaban J connectivity index is -0.000000467. The van der Waals surface area contributed by atoms with Gasteiger partial charge in [0.2, 0.25) is 0 Å². The van der Waals surface area contributed by atoms with Crippen LogP contribution in [0.5, 0.6) is 0 Å². The first kappa shape index (κ1) is 81.8. The summed E-state index contributed by atoms with van der Waals surface area (Å²) >= 11 is -2.59. The maximum atomic E-state index is 12.9. The minimum atomic E-state index is -2.83. The zero-order valence-corrected chi connectivity index (χ0v) is 56.6. The van der Waals surface area contributed by atoms with Crippen LogP contribution in [-0.2, 0) is 45.8 Å². The molecule has 3 atom stereocenters. The van der Waals surface area contributed by atoms with E-state index in [1.165, 1.54) is 20.1 Å². The van der Waals surface area contributed by atoms with Gasteiger partial charge in [0, 0.05) is 66.4 Å². The molecule has 0 saturated heterocycles. The molecule has 3 rings (SSSR count). The molecule has 4 amide bonds. The van der Waals surface area contributed by atoms with Gasteiger partial charge in [0.1, 0.15) is 11.6 Å². The molecule has 23 heteroatoms. The van der Waals surface area contributed by atoms with Crippen molar-refractivity contribution in [1.82, 2.24) is 21.3 Å². The summed E-state index contributed by atoms with van der Waals surface area (Å²) in [5.74, 6) is -1.23. The fourth-order valence-electron chi connectivity index (χ4n) is 7.06. The Morgan fingerprint density at radius 3 is 1.27 bits per heavy atom. The van der Waals surface area contributed by atoms with E-state index in [-0.39, 0.29) is 40.1 Å². The Hall–Kier alpha value is -5.66. The van der Waals surface area contributed by atoms with Crippen molar-refractivity contribution in [2.45, 2.75) is 203 Å². The Bertz CT molecular complexity index is 2580. The molecule has 0 bridgehead atoms. The zero-order valence-electron chi connectivity index (χ0n) is 52.8. The summed E-state index contributed by atoms with van der Waals surface area (Å²) in [6, 6.07) is 21.7. The molecule has 0 saturated carbocycles. The van der Waals surface area contributed by atoms with Crippen molar-refractivity contribution in [3.63, 3.8) is 0 Å². The first-order valence-corrected chi connectivity index (χ1v) is 31.8. The van der Waals surface area contributed by atoms with E-state index in [4.69, 9.17) is 30.7 Å². The molecule has 2 unspecified atom stereocenters. The van der Waals surface area contributed by atoms with Crippen LogP contribution < -0.4 is 17.2 Å². The van der Waals surface area contributed by atoms with Crippen molar-refractivity contribution in [2.75, 3.05) is 12.5 Å². The standard InChI is InChI=1S/C16H26N2O2S.C16H25NO2S.C11H21NO4.C10H11IO4.C4H10.CH3NO2.H3N/c1-15(2,3)18(16(4,5)6)14(19)12-9-8-10-13(11-12)21(7,17)20;1-15(2,3)17(16(4,5)6)14(18)12-9-8-10-13(11-12)20(7)19;1-10(2,3)7(8(13)14)12-9(15)16-11(4,5)6;1-8(12)14-11(15-9(2)13)10-6-4-3-5-7-10;1-4(2)3;2-1(3)4;/h8-11,17H,1-7H3;8-11H,1-7H3;7H,1-6H3,(H,12,15)(H,13,14);3-7H,1-2H3;4H,1-3H3;2H2,(H,3,4);1H3/t;;7-;;;;/m..0..../s1. The number of hydrogen-bond acceptors (Lipinski definition) is 14. The molecule has 0 radical (unpaired) electrons. The third-order valence-corrected chi connectivity index (χ3v) is 14.9. The molecule has 81 heavy (non-hydrogen) atoms. The van der Waals surface area contributed by atoms with E-state index < -0.39 is 88.3 Å². The number of carbonyl (C=O) groups excluding carboxylic acids is 5. The van der Waals surface area contributed by atoms with Crippen molar-refractivity contribution >= 4 is 83.1 Å². The molecule has 0 aliphatic rings. The number of alkyl carbamates (subject to hydrolysis) is 1. The molecule has 3 aromatic rings. The van der Waals surface area contributed by atoms with E-state index in [0.29, 0.717) is 20.9 Å². The number of halogens is 1. The second-order valence-corrected chi connectivity index (χ2v) is 31.7. The van der Waals surface area contributed by atoms with Gasteiger partial charge in [0.05, 0.1) is 9.73 Å². The number of carboxylic acids is 1. The molecule has 0 heterocycles. The number of carbonyl (C=O) groups is 7. The molecule has 9 N–H and O–H groups in total. The average molecular weight is 1300 g/mol. The topological polar surface area (TPSA) is 325 Å². The maximum Gasteiger partial charge on any atom is 0.408 e. The van der Waals surface area contributed by atoms with Crippen LogP contribution in [0.15, 0.2) is 88.7 Å². The van der Waals surface area contributed by atoms with Crippen LogP contribution in [0.1, 0.15) is 180 Å². The van der Waals surface area contributed by atoms with Gasteiger partial charge in [-0.15, -0.1) is 0 Å². The number of nitrogens with one attached hydrogen (secondary N) is 2. The Morgan fingerprint density at radius 2 is 0.988 bits per heavy atom. The van der Waals surface area contributed by atoms with E-state index >= 15 is 0 Å². The molecule has 20 nitrogen and oxygen atoms in total. The Kier molecular flexibility index (Phi) is 35.1. The van der Waals surface area contributed by atoms with Gasteiger partial charge in [-0.2, -0.15) is 0 Å². The van der Waals surface area contributed by atoms with Crippen LogP contribution in [0, 0.1) is 19.7 Å². The summed E-state index contributed by atoms with van der Waals surface area (Å²) in [4.78, 5) is 83.3. The Labute approximate surface area is 495 Å². The van der Waals surface area contributed by atoms with Crippen LogP contribution in [0.3, 0.4) is 0 Å². The summed E-state index contributed by atoms with van der Waals surface area (Å²) in [6.45, 7) is 43.6. The van der Waals surface area contributed by atoms with E-state index in [2.05, 4.69) is 31.8 Å². The number of nitrogens with two attached hydrogens (primary N) is 1. The number of primary amides is 1. The van der Waals surface area contributed by atoms with Crippen molar-refractivity contribution in [2.24, 2.45) is 17.1 Å². The normalized spacial score (nSPS) is 12.9.